The zero-order valence-electron chi connectivity index (χ0n) is 14.4. The minimum absolute atomic E-state index is 0.264. The second-order valence-electron chi connectivity index (χ2n) is 5.39. The summed E-state index contributed by atoms with van der Waals surface area (Å²) in [6.45, 7) is 5.95. The molecule has 0 fully saturated rings. The van der Waals surface area contributed by atoms with Crippen LogP contribution in [0.1, 0.15) is 19.4 Å². The van der Waals surface area contributed by atoms with Crippen LogP contribution in [0.15, 0.2) is 74.5 Å². The van der Waals surface area contributed by atoms with E-state index in [0.717, 1.165) is 16.5 Å². The number of rotatable bonds is 2. The SMILES string of the molecule is CC.Cc1ccc2cc(-c3nc(-c4ccccc4)co3)c(=O)oc2c1. The smallest absolute Gasteiger partial charge is 0.349 e. The number of nitrogens with zero attached hydrogens (tertiary/aromatic N) is 1. The molecule has 4 aromatic rings. The average Bonchev–Trinajstić information content (AvgIpc) is 3.13. The van der Waals surface area contributed by atoms with Crippen molar-refractivity contribution < 1.29 is 8.83 Å². The standard InChI is InChI=1S/C19H13NO3.C2H6/c1-12-7-8-14-10-15(19(21)23-17(14)9-12)18-20-16(11-22-18)13-5-3-2-4-6-13;1-2/h2-11H,1H3;1-2H3. The van der Waals surface area contributed by atoms with Gasteiger partial charge in [0, 0.05) is 10.9 Å². The molecule has 0 saturated carbocycles. The lowest BCUT2D eigenvalue weighted by Gasteiger charge is -2.00. The Balaban J connectivity index is 0.000000880. The van der Waals surface area contributed by atoms with Gasteiger partial charge in [-0.1, -0.05) is 56.3 Å². The maximum Gasteiger partial charge on any atom is 0.349 e. The first-order chi connectivity index (χ1) is 12.2. The molecule has 126 valence electrons. The maximum absolute atomic E-state index is 12.2. The van der Waals surface area contributed by atoms with Gasteiger partial charge in [-0.25, -0.2) is 9.78 Å². The van der Waals surface area contributed by atoms with Crippen LogP contribution in [0.5, 0.6) is 0 Å². The number of oxazole rings is 1. The molecule has 4 rings (SSSR count). The van der Waals surface area contributed by atoms with Gasteiger partial charge in [-0.3, -0.25) is 0 Å². The molecular formula is C21H19NO3. The number of hydrogen-bond donors (Lipinski definition) is 0. The van der Waals surface area contributed by atoms with Gasteiger partial charge < -0.3 is 8.83 Å². The highest BCUT2D eigenvalue weighted by molar-refractivity contribution is 5.81. The molecule has 2 aromatic heterocycles. The summed E-state index contributed by atoms with van der Waals surface area (Å²) in [4.78, 5) is 16.6. The van der Waals surface area contributed by atoms with E-state index in [1.165, 1.54) is 0 Å². The Kier molecular flexibility index (Phi) is 4.80. The van der Waals surface area contributed by atoms with Gasteiger partial charge >= 0.3 is 5.63 Å². The molecule has 0 amide bonds. The summed E-state index contributed by atoms with van der Waals surface area (Å²) in [7, 11) is 0. The zero-order chi connectivity index (χ0) is 17.8. The molecule has 0 aliphatic rings. The molecule has 0 aliphatic heterocycles. The largest absolute Gasteiger partial charge is 0.444 e. The van der Waals surface area contributed by atoms with Crippen LogP contribution in [0.25, 0.3) is 33.7 Å². The van der Waals surface area contributed by atoms with Crippen LogP contribution in [0.4, 0.5) is 0 Å². The predicted octanol–water partition coefficient (Wildman–Crippen LogP) is 5.45. The van der Waals surface area contributed by atoms with Crippen LogP contribution < -0.4 is 5.63 Å². The van der Waals surface area contributed by atoms with Crippen molar-refractivity contribution in [1.82, 2.24) is 4.98 Å². The van der Waals surface area contributed by atoms with Gasteiger partial charge in [-0.05, 0) is 24.6 Å². The first-order valence-electron chi connectivity index (χ1n) is 8.26. The number of benzene rings is 2. The molecule has 0 aliphatic carbocycles. The highest BCUT2D eigenvalue weighted by Crippen LogP contribution is 2.25. The second kappa shape index (κ2) is 7.18. The Labute approximate surface area is 145 Å². The molecule has 0 saturated heterocycles. The lowest BCUT2D eigenvalue weighted by Crippen LogP contribution is -2.02. The van der Waals surface area contributed by atoms with E-state index < -0.39 is 5.63 Å². The quantitative estimate of drug-likeness (QED) is 0.458. The minimum atomic E-state index is -0.454. The lowest BCUT2D eigenvalue weighted by atomic mass is 10.1. The first kappa shape index (κ1) is 16.7. The fraction of sp³-hybridized carbons (Fsp3) is 0.143. The van der Waals surface area contributed by atoms with Gasteiger partial charge in [0.25, 0.3) is 0 Å². The molecule has 2 heterocycles. The third kappa shape index (κ3) is 3.38. The molecule has 0 atom stereocenters. The summed E-state index contributed by atoms with van der Waals surface area (Å²) < 4.78 is 10.9. The van der Waals surface area contributed by atoms with Crippen molar-refractivity contribution in [3.05, 3.63) is 76.8 Å². The van der Waals surface area contributed by atoms with E-state index in [0.29, 0.717) is 16.8 Å². The third-order valence-electron chi connectivity index (χ3n) is 3.70. The van der Waals surface area contributed by atoms with Crippen molar-refractivity contribution in [3.8, 4) is 22.7 Å². The van der Waals surface area contributed by atoms with Crippen molar-refractivity contribution >= 4 is 11.0 Å². The van der Waals surface area contributed by atoms with E-state index >= 15 is 0 Å². The van der Waals surface area contributed by atoms with E-state index in [1.54, 1.807) is 12.3 Å². The average molecular weight is 333 g/mol. The number of aromatic nitrogens is 1. The molecule has 0 N–H and O–H groups in total. The highest BCUT2D eigenvalue weighted by Gasteiger charge is 2.14. The molecular weight excluding hydrogens is 314 g/mol. The molecule has 2 aromatic carbocycles. The Morgan fingerprint density at radius 2 is 1.72 bits per heavy atom. The third-order valence-corrected chi connectivity index (χ3v) is 3.70. The van der Waals surface area contributed by atoms with Gasteiger partial charge in [-0.2, -0.15) is 0 Å². The zero-order valence-corrected chi connectivity index (χ0v) is 14.4. The number of hydrogen-bond acceptors (Lipinski definition) is 4. The fourth-order valence-corrected chi connectivity index (χ4v) is 2.51. The fourth-order valence-electron chi connectivity index (χ4n) is 2.51. The maximum atomic E-state index is 12.2. The van der Waals surface area contributed by atoms with Crippen molar-refractivity contribution in [2.75, 3.05) is 0 Å². The number of aryl methyl sites for hydroxylation is 1. The van der Waals surface area contributed by atoms with Gasteiger partial charge in [0.1, 0.15) is 23.1 Å². The molecule has 0 unspecified atom stereocenters. The first-order valence-corrected chi connectivity index (χ1v) is 8.26. The molecule has 4 nitrogen and oxygen atoms in total. The van der Waals surface area contributed by atoms with Crippen molar-refractivity contribution in [1.29, 1.82) is 0 Å². The normalized spacial score (nSPS) is 10.4. The van der Waals surface area contributed by atoms with Gasteiger partial charge in [0.05, 0.1) is 0 Å². The van der Waals surface area contributed by atoms with Crippen LogP contribution in [-0.2, 0) is 0 Å². The molecule has 0 bridgehead atoms. The summed E-state index contributed by atoms with van der Waals surface area (Å²) in [5.74, 6) is 0.264. The Morgan fingerprint density at radius 3 is 2.48 bits per heavy atom. The second-order valence-corrected chi connectivity index (χ2v) is 5.39. The van der Waals surface area contributed by atoms with Crippen LogP contribution in [-0.4, -0.2) is 4.98 Å². The Hall–Kier alpha value is -3.14. The van der Waals surface area contributed by atoms with E-state index in [1.807, 2.05) is 69.3 Å². The van der Waals surface area contributed by atoms with Crippen LogP contribution >= 0.6 is 0 Å². The summed E-state index contributed by atoms with van der Waals surface area (Å²) in [5, 5.41) is 0.838. The molecule has 25 heavy (non-hydrogen) atoms. The van der Waals surface area contributed by atoms with Gasteiger partial charge in [0.15, 0.2) is 0 Å². The number of fused-ring (bicyclic) bond motifs is 1. The van der Waals surface area contributed by atoms with Crippen molar-refractivity contribution in [2.45, 2.75) is 20.8 Å². The van der Waals surface area contributed by atoms with Crippen molar-refractivity contribution in [3.63, 3.8) is 0 Å². The van der Waals surface area contributed by atoms with Crippen LogP contribution in [0, 0.1) is 6.92 Å². The van der Waals surface area contributed by atoms with Gasteiger partial charge in [0.2, 0.25) is 5.89 Å². The summed E-state index contributed by atoms with van der Waals surface area (Å²) >= 11 is 0. The Bertz CT molecular complexity index is 1050. The monoisotopic (exact) mass is 333 g/mol. The van der Waals surface area contributed by atoms with E-state index in [2.05, 4.69) is 4.98 Å². The summed E-state index contributed by atoms with van der Waals surface area (Å²) in [5.41, 5.74) is 3.09. The molecule has 0 radical (unpaired) electrons. The highest BCUT2D eigenvalue weighted by atomic mass is 16.4. The van der Waals surface area contributed by atoms with Crippen molar-refractivity contribution in [2.24, 2.45) is 0 Å². The molecule has 0 spiro atoms. The van der Waals surface area contributed by atoms with Crippen LogP contribution in [0.3, 0.4) is 0 Å². The van der Waals surface area contributed by atoms with E-state index in [4.69, 9.17) is 8.83 Å². The Morgan fingerprint density at radius 1 is 0.960 bits per heavy atom. The predicted molar refractivity (Wildman–Crippen MR) is 99.5 cm³/mol. The summed E-state index contributed by atoms with van der Waals surface area (Å²) in [6, 6.07) is 17.1. The minimum Gasteiger partial charge on any atom is -0.444 e. The topological polar surface area (TPSA) is 56.2 Å². The van der Waals surface area contributed by atoms with Gasteiger partial charge in [-0.15, -0.1) is 0 Å². The summed E-state index contributed by atoms with van der Waals surface area (Å²) in [6.07, 6.45) is 1.55. The van der Waals surface area contributed by atoms with E-state index in [-0.39, 0.29) is 5.89 Å². The molecule has 4 heteroatoms. The van der Waals surface area contributed by atoms with Crippen LogP contribution in [0.2, 0.25) is 0 Å². The van der Waals surface area contributed by atoms with E-state index in [9.17, 15) is 4.79 Å². The lowest BCUT2D eigenvalue weighted by molar-refractivity contribution is 0.543.